The highest BCUT2D eigenvalue weighted by atomic mass is 32.1. The molecule has 1 fully saturated rings. The van der Waals surface area contributed by atoms with Crippen LogP contribution in [0, 0.1) is 11.2 Å². The van der Waals surface area contributed by atoms with E-state index in [4.69, 9.17) is 15.5 Å². The molecule has 0 aliphatic carbocycles. The van der Waals surface area contributed by atoms with Gasteiger partial charge >= 0.3 is 0 Å². The van der Waals surface area contributed by atoms with Crippen LogP contribution in [0.25, 0.3) is 11.3 Å². The van der Waals surface area contributed by atoms with Gasteiger partial charge in [-0.2, -0.15) is 0 Å². The van der Waals surface area contributed by atoms with Gasteiger partial charge in [-0.1, -0.05) is 55.5 Å². The molecule has 4 heterocycles. The molecule has 0 radical (unpaired) electrons. The van der Waals surface area contributed by atoms with Gasteiger partial charge in [-0.3, -0.25) is 14.4 Å². The number of amides is 3. The third-order valence-electron chi connectivity index (χ3n) is 7.69. The number of halogens is 1. The van der Waals surface area contributed by atoms with Gasteiger partial charge in [0.25, 0.3) is 11.8 Å². The van der Waals surface area contributed by atoms with Crippen LogP contribution in [-0.4, -0.2) is 50.9 Å². The molecule has 1 saturated heterocycles. The van der Waals surface area contributed by atoms with Crippen molar-refractivity contribution in [2.24, 2.45) is 11.1 Å². The Labute approximate surface area is 244 Å². The van der Waals surface area contributed by atoms with Crippen LogP contribution in [0.4, 0.5) is 9.52 Å². The Bertz CT molecular complexity index is 1730. The number of fused-ring (bicyclic) bond motifs is 2. The highest BCUT2D eigenvalue weighted by Crippen LogP contribution is 2.52. The number of nitrogens with zero attached hydrogens (tertiary/aromatic N) is 4. The zero-order valence-electron chi connectivity index (χ0n) is 22.9. The summed E-state index contributed by atoms with van der Waals surface area (Å²) < 4.78 is 21.3. The van der Waals surface area contributed by atoms with E-state index in [1.165, 1.54) is 12.1 Å². The summed E-state index contributed by atoms with van der Waals surface area (Å²) in [6, 6.07) is 15.5. The lowest BCUT2D eigenvalue weighted by Gasteiger charge is -2.37. The van der Waals surface area contributed by atoms with Gasteiger partial charge in [0, 0.05) is 35.7 Å². The molecular weight excluding hydrogens is 559 g/mol. The van der Waals surface area contributed by atoms with Crippen molar-refractivity contribution in [3.8, 4) is 22.9 Å². The normalized spacial score (nSPS) is 15.9. The number of likely N-dealkylation sites (tertiary alicyclic amines) is 1. The molecular formula is C30H27FN6O4S. The average molecular weight is 587 g/mol. The number of hydrogen-bond acceptors (Lipinski definition) is 8. The molecule has 214 valence electrons. The molecule has 12 heteroatoms. The maximum atomic E-state index is 15.1. The molecule has 1 atom stereocenters. The Morgan fingerprint density at radius 2 is 1.81 bits per heavy atom. The molecule has 0 unspecified atom stereocenters. The summed E-state index contributed by atoms with van der Waals surface area (Å²) in [5, 5.41) is 10.5. The summed E-state index contributed by atoms with van der Waals surface area (Å²) >= 11 is 0.894. The third-order valence-corrected chi connectivity index (χ3v) is 8.54. The number of hydrogen-bond donors (Lipinski definition) is 2. The molecule has 2 aromatic carbocycles. The number of carbonyl (C=O) groups is 3. The van der Waals surface area contributed by atoms with E-state index in [1.54, 1.807) is 36.9 Å². The third kappa shape index (κ3) is 4.87. The molecule has 2 aromatic heterocycles. The van der Waals surface area contributed by atoms with E-state index in [-0.39, 0.29) is 27.5 Å². The molecule has 3 N–H and O–H groups in total. The van der Waals surface area contributed by atoms with E-state index < -0.39 is 23.1 Å². The lowest BCUT2D eigenvalue weighted by molar-refractivity contribution is -0.124. The van der Waals surface area contributed by atoms with Crippen molar-refractivity contribution < 1.29 is 23.5 Å². The van der Waals surface area contributed by atoms with Crippen molar-refractivity contribution >= 4 is 34.2 Å². The maximum absolute atomic E-state index is 15.1. The quantitative estimate of drug-likeness (QED) is 0.325. The first-order chi connectivity index (χ1) is 20.1. The number of carbonyl (C=O) groups excluding carboxylic acids is 3. The smallest absolute Gasteiger partial charge is 0.279 e. The van der Waals surface area contributed by atoms with Gasteiger partial charge < -0.3 is 20.7 Å². The maximum Gasteiger partial charge on any atom is 0.279 e. The molecule has 4 aromatic rings. The van der Waals surface area contributed by atoms with Crippen molar-refractivity contribution in [3.05, 3.63) is 82.1 Å². The number of benzene rings is 2. The number of aromatic nitrogens is 3. The topological polar surface area (TPSA) is 140 Å². The van der Waals surface area contributed by atoms with Gasteiger partial charge in [0.05, 0.1) is 16.7 Å². The summed E-state index contributed by atoms with van der Waals surface area (Å²) in [4.78, 5) is 44.2. The molecule has 3 amide bonds. The van der Waals surface area contributed by atoms with Crippen LogP contribution in [0.1, 0.15) is 63.9 Å². The van der Waals surface area contributed by atoms with Crippen LogP contribution in [0.15, 0.2) is 54.6 Å². The minimum atomic E-state index is -1.04. The molecule has 2 aliphatic rings. The van der Waals surface area contributed by atoms with Crippen LogP contribution in [0.3, 0.4) is 0 Å². The Balaban J connectivity index is 1.33. The van der Waals surface area contributed by atoms with E-state index in [0.29, 0.717) is 41.5 Å². The van der Waals surface area contributed by atoms with Gasteiger partial charge in [0.2, 0.25) is 21.9 Å². The van der Waals surface area contributed by atoms with Gasteiger partial charge in [-0.05, 0) is 37.1 Å². The Kier molecular flexibility index (Phi) is 6.93. The summed E-state index contributed by atoms with van der Waals surface area (Å²) in [5.41, 5.74) is 6.69. The van der Waals surface area contributed by atoms with Gasteiger partial charge in [-0.15, -0.1) is 10.2 Å². The van der Waals surface area contributed by atoms with Crippen molar-refractivity contribution in [2.45, 2.75) is 32.6 Å². The number of rotatable bonds is 6. The van der Waals surface area contributed by atoms with Crippen LogP contribution in [-0.2, 0) is 4.79 Å². The second-order valence-corrected chi connectivity index (χ2v) is 11.8. The number of pyridine rings is 1. The number of primary amides is 1. The molecule has 42 heavy (non-hydrogen) atoms. The van der Waals surface area contributed by atoms with Gasteiger partial charge in [0.15, 0.2) is 0 Å². The Morgan fingerprint density at radius 1 is 1.05 bits per heavy atom. The van der Waals surface area contributed by atoms with Crippen LogP contribution >= 0.6 is 11.3 Å². The summed E-state index contributed by atoms with van der Waals surface area (Å²) in [5.74, 6) is -1.63. The lowest BCUT2D eigenvalue weighted by atomic mass is 9.69. The number of anilines is 1. The zero-order valence-corrected chi connectivity index (χ0v) is 23.7. The second-order valence-electron chi connectivity index (χ2n) is 10.8. The molecule has 0 saturated carbocycles. The summed E-state index contributed by atoms with van der Waals surface area (Å²) in [6.07, 6.45) is 1.84. The Morgan fingerprint density at radius 3 is 2.52 bits per heavy atom. The standard InChI is InChI=1S/C30H27FN6O4S/c1-30(2,28(40)34-29-36-35-26(42-29)24(32)38)23-18-7-3-4-8-22(18)41-25-19(23)11-12-21(33-25)16-9-10-17(20(31)15-16)27(39)37-13-5-6-14-37/h3-4,7-12,15,23H,5-6,13-14H2,1-2H3,(H2,32,38)(H,34,36,40)/t23-/m0/s1. The monoisotopic (exact) mass is 586 g/mol. The first-order valence-electron chi connectivity index (χ1n) is 13.4. The van der Waals surface area contributed by atoms with Crippen molar-refractivity contribution in [2.75, 3.05) is 18.4 Å². The van der Waals surface area contributed by atoms with E-state index in [9.17, 15) is 14.4 Å². The van der Waals surface area contributed by atoms with E-state index in [0.717, 1.165) is 29.7 Å². The van der Waals surface area contributed by atoms with Gasteiger partial charge in [0.1, 0.15) is 11.6 Å². The molecule has 2 aliphatic heterocycles. The fourth-order valence-electron chi connectivity index (χ4n) is 5.48. The zero-order chi connectivity index (χ0) is 29.6. The minimum absolute atomic E-state index is 0.00789. The highest BCUT2D eigenvalue weighted by Gasteiger charge is 2.44. The van der Waals surface area contributed by atoms with Crippen molar-refractivity contribution in [1.29, 1.82) is 0 Å². The molecule has 0 spiro atoms. The lowest BCUT2D eigenvalue weighted by Crippen LogP contribution is -2.38. The largest absolute Gasteiger partial charge is 0.438 e. The predicted molar refractivity (Wildman–Crippen MR) is 154 cm³/mol. The molecule has 6 rings (SSSR count). The Hall–Kier alpha value is -4.71. The van der Waals surface area contributed by atoms with Crippen LogP contribution < -0.4 is 15.8 Å². The number of ether oxygens (including phenoxy) is 1. The van der Waals surface area contributed by atoms with E-state index >= 15 is 4.39 Å². The first-order valence-corrected chi connectivity index (χ1v) is 14.3. The first kappa shape index (κ1) is 27.5. The fraction of sp³-hybridized carbons (Fsp3) is 0.267. The van der Waals surface area contributed by atoms with Gasteiger partial charge in [-0.25, -0.2) is 9.37 Å². The average Bonchev–Trinajstić information content (AvgIpc) is 3.68. The second kappa shape index (κ2) is 10.6. The summed E-state index contributed by atoms with van der Waals surface area (Å²) in [6.45, 7) is 4.87. The fourth-order valence-corrected chi connectivity index (χ4v) is 6.07. The number of nitrogens with one attached hydrogen (secondary N) is 1. The molecule has 0 bridgehead atoms. The van der Waals surface area contributed by atoms with Crippen molar-refractivity contribution in [3.63, 3.8) is 0 Å². The summed E-state index contributed by atoms with van der Waals surface area (Å²) in [7, 11) is 0. The van der Waals surface area contributed by atoms with Crippen LogP contribution in [0.2, 0.25) is 0 Å². The van der Waals surface area contributed by atoms with Crippen LogP contribution in [0.5, 0.6) is 11.6 Å². The van der Waals surface area contributed by atoms with E-state index in [2.05, 4.69) is 15.5 Å². The minimum Gasteiger partial charge on any atom is -0.438 e. The highest BCUT2D eigenvalue weighted by molar-refractivity contribution is 7.17. The predicted octanol–water partition coefficient (Wildman–Crippen LogP) is 4.98. The number of para-hydroxylation sites is 1. The SMILES string of the molecule is CC(C)(C(=O)Nc1nnc(C(N)=O)s1)[C@H]1c2ccccc2Oc2nc(-c3ccc(C(=O)N4CCCC4)c(F)c3)ccc21. The molecule has 10 nitrogen and oxygen atoms in total. The van der Waals surface area contributed by atoms with E-state index in [1.807, 2.05) is 24.3 Å². The number of nitrogens with two attached hydrogens (primary N) is 1. The van der Waals surface area contributed by atoms with Crippen molar-refractivity contribution in [1.82, 2.24) is 20.1 Å².